The van der Waals surface area contributed by atoms with Crippen molar-refractivity contribution >= 4 is 5.97 Å². The van der Waals surface area contributed by atoms with E-state index >= 15 is 0 Å². The van der Waals surface area contributed by atoms with Crippen LogP contribution in [0, 0.1) is 5.41 Å². The monoisotopic (exact) mass is 218 g/mol. The number of rotatable bonds is 3. The zero-order valence-corrected chi connectivity index (χ0v) is 10.1. The standard InChI is InChI=1S/C14H18O2/c1-4-13(2)10-14(13,12(15)16-3)11-8-6-5-7-9-11/h5-9H,4,10H2,1-3H3. The fraction of sp³-hybridized carbons (Fsp3) is 0.500. The molecule has 0 bridgehead atoms. The maximum Gasteiger partial charge on any atom is 0.316 e. The molecule has 2 rings (SSSR count). The zero-order valence-electron chi connectivity index (χ0n) is 10.1. The van der Waals surface area contributed by atoms with Crippen LogP contribution >= 0.6 is 0 Å². The average Bonchev–Trinajstić information content (AvgIpc) is 2.98. The third-order valence-electron chi connectivity index (χ3n) is 4.14. The van der Waals surface area contributed by atoms with Crippen LogP contribution in [-0.4, -0.2) is 13.1 Å². The van der Waals surface area contributed by atoms with Crippen LogP contribution in [0.4, 0.5) is 0 Å². The van der Waals surface area contributed by atoms with Crippen LogP contribution in [0.15, 0.2) is 30.3 Å². The highest BCUT2D eigenvalue weighted by Gasteiger charge is 2.69. The molecular weight excluding hydrogens is 200 g/mol. The van der Waals surface area contributed by atoms with Gasteiger partial charge in [0, 0.05) is 0 Å². The van der Waals surface area contributed by atoms with Gasteiger partial charge in [-0.1, -0.05) is 44.2 Å². The molecule has 0 aromatic heterocycles. The summed E-state index contributed by atoms with van der Waals surface area (Å²) in [6.07, 6.45) is 1.89. The molecule has 0 heterocycles. The Morgan fingerprint density at radius 2 is 2.00 bits per heavy atom. The first kappa shape index (κ1) is 11.2. The molecule has 0 spiro atoms. The van der Waals surface area contributed by atoms with E-state index in [0.29, 0.717) is 0 Å². The molecule has 0 radical (unpaired) electrons. The second-order valence-electron chi connectivity index (χ2n) is 4.85. The third-order valence-corrected chi connectivity index (χ3v) is 4.14. The molecule has 86 valence electrons. The second-order valence-corrected chi connectivity index (χ2v) is 4.85. The van der Waals surface area contributed by atoms with Crippen LogP contribution in [0.3, 0.4) is 0 Å². The van der Waals surface area contributed by atoms with Gasteiger partial charge < -0.3 is 4.74 Å². The SMILES string of the molecule is CCC1(C)CC1(C(=O)OC)c1ccccc1. The van der Waals surface area contributed by atoms with E-state index in [0.717, 1.165) is 18.4 Å². The fourth-order valence-electron chi connectivity index (χ4n) is 2.75. The minimum absolute atomic E-state index is 0.0570. The Morgan fingerprint density at radius 1 is 1.38 bits per heavy atom. The lowest BCUT2D eigenvalue weighted by atomic mass is 9.85. The van der Waals surface area contributed by atoms with Crippen molar-refractivity contribution in [1.29, 1.82) is 0 Å². The Balaban J connectivity index is 2.44. The van der Waals surface area contributed by atoms with Gasteiger partial charge in [0.25, 0.3) is 0 Å². The van der Waals surface area contributed by atoms with Crippen molar-refractivity contribution in [2.75, 3.05) is 7.11 Å². The smallest absolute Gasteiger partial charge is 0.316 e. The van der Waals surface area contributed by atoms with Gasteiger partial charge in [0.15, 0.2) is 0 Å². The molecule has 2 atom stereocenters. The Morgan fingerprint density at radius 3 is 2.44 bits per heavy atom. The predicted octanol–water partition coefficient (Wildman–Crippen LogP) is 2.92. The fourth-order valence-corrected chi connectivity index (χ4v) is 2.75. The van der Waals surface area contributed by atoms with E-state index in [-0.39, 0.29) is 11.4 Å². The summed E-state index contributed by atoms with van der Waals surface area (Å²) in [6, 6.07) is 9.98. The molecule has 1 fully saturated rings. The molecule has 0 aliphatic heterocycles. The van der Waals surface area contributed by atoms with Crippen molar-refractivity contribution in [3.05, 3.63) is 35.9 Å². The van der Waals surface area contributed by atoms with Gasteiger partial charge in [0.1, 0.15) is 0 Å². The molecule has 0 N–H and O–H groups in total. The lowest BCUT2D eigenvalue weighted by Crippen LogP contribution is -2.28. The van der Waals surface area contributed by atoms with Crippen molar-refractivity contribution in [1.82, 2.24) is 0 Å². The lowest BCUT2D eigenvalue weighted by Gasteiger charge is -2.20. The number of benzene rings is 1. The number of ether oxygens (including phenoxy) is 1. The number of hydrogen-bond acceptors (Lipinski definition) is 2. The summed E-state index contributed by atoms with van der Waals surface area (Å²) >= 11 is 0. The molecule has 1 aromatic carbocycles. The lowest BCUT2D eigenvalue weighted by molar-refractivity contribution is -0.144. The van der Waals surface area contributed by atoms with Crippen LogP contribution in [-0.2, 0) is 14.9 Å². The third kappa shape index (κ3) is 1.29. The molecule has 0 amide bonds. The van der Waals surface area contributed by atoms with Gasteiger partial charge in [-0.15, -0.1) is 0 Å². The van der Waals surface area contributed by atoms with E-state index in [4.69, 9.17) is 4.74 Å². The highest BCUT2D eigenvalue weighted by Crippen LogP contribution is 2.66. The van der Waals surface area contributed by atoms with Crippen LogP contribution in [0.2, 0.25) is 0 Å². The van der Waals surface area contributed by atoms with Crippen LogP contribution in [0.5, 0.6) is 0 Å². The summed E-state index contributed by atoms with van der Waals surface area (Å²) < 4.78 is 4.99. The van der Waals surface area contributed by atoms with Gasteiger partial charge in [-0.05, 0) is 23.8 Å². The minimum atomic E-state index is -0.405. The summed E-state index contributed by atoms with van der Waals surface area (Å²) in [7, 11) is 1.47. The molecule has 2 unspecified atom stereocenters. The van der Waals surface area contributed by atoms with Gasteiger partial charge in [-0.3, -0.25) is 4.79 Å². The van der Waals surface area contributed by atoms with E-state index in [1.54, 1.807) is 0 Å². The Bertz CT molecular complexity index is 398. The minimum Gasteiger partial charge on any atom is -0.468 e. The van der Waals surface area contributed by atoms with Gasteiger partial charge in [0.05, 0.1) is 12.5 Å². The Kier molecular flexibility index (Phi) is 2.53. The maximum atomic E-state index is 12.0. The summed E-state index contributed by atoms with van der Waals surface area (Å²) in [4.78, 5) is 12.0. The van der Waals surface area contributed by atoms with Gasteiger partial charge in [-0.25, -0.2) is 0 Å². The normalized spacial score (nSPS) is 32.2. The highest BCUT2D eigenvalue weighted by atomic mass is 16.5. The van der Waals surface area contributed by atoms with E-state index in [1.165, 1.54) is 7.11 Å². The van der Waals surface area contributed by atoms with Crippen molar-refractivity contribution in [2.24, 2.45) is 5.41 Å². The summed E-state index contributed by atoms with van der Waals surface area (Å²) in [5.41, 5.74) is 0.741. The summed E-state index contributed by atoms with van der Waals surface area (Å²) in [5.74, 6) is -0.0944. The van der Waals surface area contributed by atoms with Crippen molar-refractivity contribution < 1.29 is 9.53 Å². The summed E-state index contributed by atoms with van der Waals surface area (Å²) in [6.45, 7) is 4.30. The largest absolute Gasteiger partial charge is 0.468 e. The second kappa shape index (κ2) is 3.62. The Labute approximate surface area is 96.6 Å². The number of esters is 1. The van der Waals surface area contributed by atoms with E-state index in [2.05, 4.69) is 13.8 Å². The molecule has 1 aromatic rings. The molecule has 0 saturated heterocycles. The first-order chi connectivity index (χ1) is 7.60. The van der Waals surface area contributed by atoms with Crippen molar-refractivity contribution in [3.8, 4) is 0 Å². The van der Waals surface area contributed by atoms with E-state index in [1.807, 2.05) is 30.3 Å². The average molecular weight is 218 g/mol. The van der Waals surface area contributed by atoms with Crippen molar-refractivity contribution in [3.63, 3.8) is 0 Å². The van der Waals surface area contributed by atoms with Crippen molar-refractivity contribution in [2.45, 2.75) is 32.1 Å². The first-order valence-corrected chi connectivity index (χ1v) is 5.74. The quantitative estimate of drug-likeness (QED) is 0.729. The molecule has 1 aliphatic carbocycles. The predicted molar refractivity (Wildman–Crippen MR) is 63.2 cm³/mol. The number of hydrogen-bond donors (Lipinski definition) is 0. The molecule has 16 heavy (non-hydrogen) atoms. The molecule has 2 heteroatoms. The zero-order chi connectivity index (χ0) is 11.8. The van der Waals surface area contributed by atoms with Crippen LogP contribution in [0.25, 0.3) is 0 Å². The molecule has 1 saturated carbocycles. The number of carbonyl (C=O) groups excluding carboxylic acids is 1. The number of methoxy groups -OCH3 is 1. The molecular formula is C14H18O2. The highest BCUT2D eigenvalue weighted by molar-refractivity contribution is 5.88. The van der Waals surface area contributed by atoms with Gasteiger partial charge in [-0.2, -0.15) is 0 Å². The van der Waals surface area contributed by atoms with Crippen LogP contribution < -0.4 is 0 Å². The van der Waals surface area contributed by atoms with Gasteiger partial charge >= 0.3 is 5.97 Å². The molecule has 1 aliphatic rings. The van der Waals surface area contributed by atoms with E-state index < -0.39 is 5.41 Å². The Hall–Kier alpha value is -1.31. The van der Waals surface area contributed by atoms with Crippen LogP contribution in [0.1, 0.15) is 32.3 Å². The van der Waals surface area contributed by atoms with E-state index in [9.17, 15) is 4.79 Å². The first-order valence-electron chi connectivity index (χ1n) is 5.74. The topological polar surface area (TPSA) is 26.3 Å². The van der Waals surface area contributed by atoms with Gasteiger partial charge in [0.2, 0.25) is 0 Å². The molecule has 2 nitrogen and oxygen atoms in total. The maximum absolute atomic E-state index is 12.0. The summed E-state index contributed by atoms with van der Waals surface area (Å²) in [5, 5.41) is 0. The number of carbonyl (C=O) groups is 1.